The SMILES string of the molecule is CCC(C)CC=CCC(C)C(C)C(C)C(C)C. The Morgan fingerprint density at radius 1 is 0.765 bits per heavy atom. The fourth-order valence-corrected chi connectivity index (χ4v) is 2.15. The van der Waals surface area contributed by atoms with Crippen molar-refractivity contribution in [1.29, 1.82) is 0 Å². The van der Waals surface area contributed by atoms with E-state index in [1.165, 1.54) is 19.3 Å². The molecule has 0 aromatic heterocycles. The van der Waals surface area contributed by atoms with Crippen molar-refractivity contribution in [2.24, 2.45) is 29.6 Å². The molecule has 0 aliphatic heterocycles. The topological polar surface area (TPSA) is 0 Å². The van der Waals surface area contributed by atoms with Crippen LogP contribution in [0.2, 0.25) is 0 Å². The van der Waals surface area contributed by atoms with Crippen LogP contribution in [0.4, 0.5) is 0 Å². The smallest absolute Gasteiger partial charge is 0.0322 e. The van der Waals surface area contributed by atoms with E-state index in [0.717, 1.165) is 29.6 Å². The molecule has 17 heavy (non-hydrogen) atoms. The summed E-state index contributed by atoms with van der Waals surface area (Å²) >= 11 is 0. The molecule has 0 spiro atoms. The van der Waals surface area contributed by atoms with Crippen LogP contribution in [0.5, 0.6) is 0 Å². The van der Waals surface area contributed by atoms with E-state index in [2.05, 4.69) is 60.6 Å². The Hall–Kier alpha value is -0.260. The van der Waals surface area contributed by atoms with E-state index in [4.69, 9.17) is 0 Å². The molecular formula is C17H34. The van der Waals surface area contributed by atoms with E-state index in [-0.39, 0.29) is 0 Å². The van der Waals surface area contributed by atoms with Crippen molar-refractivity contribution in [2.75, 3.05) is 0 Å². The molecule has 0 heterocycles. The third kappa shape index (κ3) is 6.91. The largest absolute Gasteiger partial charge is 0.0883 e. The Morgan fingerprint density at radius 3 is 1.76 bits per heavy atom. The molecule has 0 aliphatic carbocycles. The van der Waals surface area contributed by atoms with Crippen LogP contribution in [0.1, 0.15) is 67.7 Å². The van der Waals surface area contributed by atoms with Crippen molar-refractivity contribution >= 4 is 0 Å². The van der Waals surface area contributed by atoms with Gasteiger partial charge < -0.3 is 0 Å². The molecule has 0 saturated carbocycles. The number of hydrogen-bond acceptors (Lipinski definition) is 0. The fourth-order valence-electron chi connectivity index (χ4n) is 2.15. The van der Waals surface area contributed by atoms with E-state index in [9.17, 15) is 0 Å². The maximum atomic E-state index is 2.41. The highest BCUT2D eigenvalue weighted by atomic mass is 14.3. The summed E-state index contributed by atoms with van der Waals surface area (Å²) in [6.45, 7) is 16.5. The minimum absolute atomic E-state index is 0.802. The number of hydrogen-bond donors (Lipinski definition) is 0. The van der Waals surface area contributed by atoms with Crippen LogP contribution >= 0.6 is 0 Å². The lowest BCUT2D eigenvalue weighted by molar-refractivity contribution is 0.224. The molecule has 0 nitrogen and oxygen atoms in total. The summed E-state index contributed by atoms with van der Waals surface area (Å²) in [5.74, 6) is 4.10. The standard InChI is InChI=1S/C17H34/c1-8-14(4)11-9-10-12-15(5)17(7)16(6)13(2)3/h9-10,13-17H,8,11-12H2,1-7H3. The van der Waals surface area contributed by atoms with Crippen molar-refractivity contribution in [3.05, 3.63) is 12.2 Å². The van der Waals surface area contributed by atoms with Gasteiger partial charge in [-0.2, -0.15) is 0 Å². The maximum Gasteiger partial charge on any atom is -0.0322 e. The van der Waals surface area contributed by atoms with Gasteiger partial charge in [-0.25, -0.2) is 0 Å². The third-order valence-electron chi connectivity index (χ3n) is 4.69. The number of rotatable bonds is 8. The second kappa shape index (κ2) is 8.78. The zero-order valence-corrected chi connectivity index (χ0v) is 13.2. The van der Waals surface area contributed by atoms with Crippen molar-refractivity contribution in [2.45, 2.75) is 67.7 Å². The molecule has 0 rings (SSSR count). The summed E-state index contributed by atoms with van der Waals surface area (Å²) in [6.07, 6.45) is 8.57. The number of allylic oxidation sites excluding steroid dienone is 2. The Kier molecular flexibility index (Phi) is 8.64. The first-order valence-corrected chi connectivity index (χ1v) is 7.55. The minimum Gasteiger partial charge on any atom is -0.0883 e. The lowest BCUT2D eigenvalue weighted by atomic mass is 9.78. The molecule has 0 fully saturated rings. The van der Waals surface area contributed by atoms with E-state index in [0.29, 0.717) is 0 Å². The van der Waals surface area contributed by atoms with E-state index in [1.54, 1.807) is 0 Å². The summed E-state index contributed by atoms with van der Waals surface area (Å²) in [4.78, 5) is 0. The van der Waals surface area contributed by atoms with Crippen LogP contribution in [-0.2, 0) is 0 Å². The normalized spacial score (nSPS) is 19.5. The molecule has 0 amide bonds. The van der Waals surface area contributed by atoms with Crippen LogP contribution in [0.25, 0.3) is 0 Å². The molecule has 0 heteroatoms. The van der Waals surface area contributed by atoms with Crippen molar-refractivity contribution < 1.29 is 0 Å². The summed E-state index contributed by atoms with van der Waals surface area (Å²) < 4.78 is 0. The van der Waals surface area contributed by atoms with Crippen molar-refractivity contribution in [3.8, 4) is 0 Å². The van der Waals surface area contributed by atoms with Crippen LogP contribution in [0.3, 0.4) is 0 Å². The Balaban J connectivity index is 3.96. The molecule has 0 saturated heterocycles. The van der Waals surface area contributed by atoms with Gasteiger partial charge in [-0.3, -0.25) is 0 Å². The summed E-state index contributed by atoms with van der Waals surface area (Å²) in [5.41, 5.74) is 0. The van der Waals surface area contributed by atoms with Gasteiger partial charge in [0.05, 0.1) is 0 Å². The minimum atomic E-state index is 0.802. The first kappa shape index (κ1) is 16.7. The average molecular weight is 238 g/mol. The van der Waals surface area contributed by atoms with Crippen LogP contribution in [0, 0.1) is 29.6 Å². The zero-order chi connectivity index (χ0) is 13.4. The molecule has 4 unspecified atom stereocenters. The molecule has 4 atom stereocenters. The van der Waals surface area contributed by atoms with Gasteiger partial charge in [0.1, 0.15) is 0 Å². The quantitative estimate of drug-likeness (QED) is 0.459. The highest BCUT2D eigenvalue weighted by Gasteiger charge is 2.20. The van der Waals surface area contributed by atoms with Gasteiger partial charge in [0.25, 0.3) is 0 Å². The van der Waals surface area contributed by atoms with Gasteiger partial charge in [-0.1, -0.05) is 67.0 Å². The average Bonchev–Trinajstić information content (AvgIpc) is 2.31. The van der Waals surface area contributed by atoms with Crippen molar-refractivity contribution in [3.63, 3.8) is 0 Å². The molecule has 0 bridgehead atoms. The van der Waals surface area contributed by atoms with Gasteiger partial charge in [0, 0.05) is 0 Å². The molecular weight excluding hydrogens is 204 g/mol. The summed E-state index contributed by atoms with van der Waals surface area (Å²) in [5, 5.41) is 0. The van der Waals surface area contributed by atoms with Gasteiger partial charge in [-0.05, 0) is 42.4 Å². The van der Waals surface area contributed by atoms with Crippen LogP contribution in [-0.4, -0.2) is 0 Å². The third-order valence-corrected chi connectivity index (χ3v) is 4.69. The molecule has 0 N–H and O–H groups in total. The van der Waals surface area contributed by atoms with E-state index in [1.807, 2.05) is 0 Å². The lowest BCUT2D eigenvalue weighted by Crippen LogP contribution is -2.20. The van der Waals surface area contributed by atoms with Gasteiger partial charge in [0.15, 0.2) is 0 Å². The molecule has 0 aliphatic rings. The zero-order valence-electron chi connectivity index (χ0n) is 13.2. The van der Waals surface area contributed by atoms with Crippen molar-refractivity contribution in [1.82, 2.24) is 0 Å². The maximum absolute atomic E-state index is 2.41. The molecule has 0 radical (unpaired) electrons. The predicted octanol–water partition coefficient (Wildman–Crippen LogP) is 5.93. The highest BCUT2D eigenvalue weighted by molar-refractivity contribution is 4.86. The molecule has 0 aromatic carbocycles. The predicted molar refractivity (Wildman–Crippen MR) is 80.2 cm³/mol. The second-order valence-electron chi connectivity index (χ2n) is 6.40. The first-order valence-electron chi connectivity index (χ1n) is 7.55. The Bertz CT molecular complexity index is 202. The first-order chi connectivity index (χ1) is 7.90. The van der Waals surface area contributed by atoms with Gasteiger partial charge in [-0.15, -0.1) is 0 Å². The van der Waals surface area contributed by atoms with Gasteiger partial charge in [0.2, 0.25) is 0 Å². The fraction of sp³-hybridized carbons (Fsp3) is 0.882. The molecule has 0 aromatic rings. The van der Waals surface area contributed by atoms with E-state index >= 15 is 0 Å². The summed E-state index contributed by atoms with van der Waals surface area (Å²) in [7, 11) is 0. The van der Waals surface area contributed by atoms with Gasteiger partial charge >= 0.3 is 0 Å². The summed E-state index contributed by atoms with van der Waals surface area (Å²) in [6, 6.07) is 0. The highest BCUT2D eigenvalue weighted by Crippen LogP contribution is 2.28. The van der Waals surface area contributed by atoms with E-state index < -0.39 is 0 Å². The Morgan fingerprint density at radius 2 is 1.29 bits per heavy atom. The van der Waals surface area contributed by atoms with Crippen LogP contribution in [0.15, 0.2) is 12.2 Å². The lowest BCUT2D eigenvalue weighted by Gasteiger charge is -2.28. The Labute approximate surface area is 110 Å². The van der Waals surface area contributed by atoms with Crippen LogP contribution < -0.4 is 0 Å². The second-order valence-corrected chi connectivity index (χ2v) is 6.40. The molecule has 102 valence electrons. The monoisotopic (exact) mass is 238 g/mol.